The van der Waals surface area contributed by atoms with Crippen molar-refractivity contribution in [3.63, 3.8) is 0 Å². The van der Waals surface area contributed by atoms with Gasteiger partial charge in [-0.15, -0.1) is 0 Å². The van der Waals surface area contributed by atoms with Crippen LogP contribution >= 0.6 is 0 Å². The molecule has 0 saturated heterocycles. The summed E-state index contributed by atoms with van der Waals surface area (Å²) in [5, 5.41) is 8.96. The van der Waals surface area contributed by atoms with E-state index in [1.807, 2.05) is 0 Å². The van der Waals surface area contributed by atoms with Gasteiger partial charge in [0.15, 0.2) is 16.6 Å². The molecule has 0 aromatic carbocycles. The highest BCUT2D eigenvalue weighted by atomic mass is 28.5. The lowest BCUT2D eigenvalue weighted by atomic mass is 10.3. The summed E-state index contributed by atoms with van der Waals surface area (Å²) >= 11 is 0. The van der Waals surface area contributed by atoms with Crippen LogP contribution in [0.1, 0.15) is 13.3 Å². The minimum absolute atomic E-state index is 0.0651. The molecular weight excluding hydrogens is 424 g/mol. The van der Waals surface area contributed by atoms with Crippen molar-refractivity contribution in [1.29, 1.82) is 0 Å². The van der Waals surface area contributed by atoms with Gasteiger partial charge in [0.25, 0.3) is 0 Å². The number of hydrogen-bond donors (Lipinski definition) is 1. The summed E-state index contributed by atoms with van der Waals surface area (Å²) in [5.41, 5.74) is 0.334. The van der Waals surface area contributed by atoms with Crippen LogP contribution in [0.4, 0.5) is 0 Å². The van der Waals surface area contributed by atoms with Gasteiger partial charge in [0, 0.05) is 12.2 Å². The van der Waals surface area contributed by atoms with Crippen molar-refractivity contribution in [2.45, 2.75) is 71.3 Å². The second-order valence-corrected chi connectivity index (χ2v) is 22.2. The number of carbonyl (C=O) groups is 1. The van der Waals surface area contributed by atoms with Crippen LogP contribution in [0.25, 0.3) is 0 Å². The van der Waals surface area contributed by atoms with E-state index < -0.39 is 37.3 Å². The molecule has 0 bridgehead atoms. The Kier molecular flexibility index (Phi) is 13.0. The van der Waals surface area contributed by atoms with Gasteiger partial charge in [0.05, 0.1) is 19.8 Å². The maximum Gasteiger partial charge on any atom is 0.333 e. The lowest BCUT2D eigenvalue weighted by Crippen LogP contribution is -2.52. The molecule has 0 fully saturated rings. The molecule has 0 spiro atoms. The van der Waals surface area contributed by atoms with E-state index in [-0.39, 0.29) is 26.4 Å². The van der Waals surface area contributed by atoms with Crippen molar-refractivity contribution in [2.24, 2.45) is 0 Å². The Morgan fingerprint density at radius 2 is 1.52 bits per heavy atom. The topological polar surface area (TPSA) is 83.5 Å². The third kappa shape index (κ3) is 16.1. The van der Waals surface area contributed by atoms with E-state index in [1.165, 1.54) is 0 Å². The molecule has 1 N–H and O–H groups in total. The van der Waals surface area contributed by atoms with E-state index in [1.54, 1.807) is 6.92 Å². The van der Waals surface area contributed by atoms with Crippen molar-refractivity contribution < 1.29 is 32.3 Å². The average molecular weight is 467 g/mol. The number of aliphatic hydroxyl groups excluding tert-OH is 1. The maximum absolute atomic E-state index is 11.6. The summed E-state index contributed by atoms with van der Waals surface area (Å²) in [6.45, 7) is 21.4. The normalized spacial score (nSPS) is 14.0. The third-order valence-corrected chi connectivity index (χ3v) is 13.1. The predicted octanol–water partition coefficient (Wildman–Crippen LogP) is 3.66. The quantitative estimate of drug-likeness (QED) is 0.161. The average Bonchev–Trinajstić information content (AvgIpc) is 2.52. The van der Waals surface area contributed by atoms with Crippen LogP contribution in [0.2, 0.25) is 51.9 Å². The molecule has 10 heteroatoms. The Morgan fingerprint density at radius 1 is 0.966 bits per heavy atom. The molecule has 7 nitrogen and oxygen atoms in total. The first-order valence-electron chi connectivity index (χ1n) is 10.2. The molecule has 0 aliphatic heterocycles. The molecule has 0 aliphatic rings. The number of esters is 1. The number of aliphatic hydroxyl groups is 1. The highest BCUT2D eigenvalue weighted by Crippen LogP contribution is 2.25. The Morgan fingerprint density at radius 3 is 1.97 bits per heavy atom. The molecule has 0 aromatic heterocycles. The Labute approximate surface area is 180 Å². The molecule has 1 unspecified atom stereocenters. The van der Waals surface area contributed by atoms with Crippen LogP contribution in [-0.2, 0) is 27.2 Å². The molecule has 0 rings (SSSR count). The molecule has 0 amide bonds. The molecule has 29 heavy (non-hydrogen) atoms. The third-order valence-electron chi connectivity index (χ3n) is 3.46. The van der Waals surface area contributed by atoms with Crippen molar-refractivity contribution in [3.05, 3.63) is 12.2 Å². The molecule has 0 aromatic rings. The summed E-state index contributed by atoms with van der Waals surface area (Å²) in [7, 11) is -5.67. The van der Waals surface area contributed by atoms with Gasteiger partial charge in [-0.05, 0) is 65.2 Å². The van der Waals surface area contributed by atoms with Crippen LogP contribution in [-0.4, -0.2) is 75.4 Å². The van der Waals surface area contributed by atoms with Crippen LogP contribution in [0, 0.1) is 0 Å². The van der Waals surface area contributed by atoms with Gasteiger partial charge in [-0.3, -0.25) is 0 Å². The van der Waals surface area contributed by atoms with Gasteiger partial charge >= 0.3 is 14.5 Å². The minimum Gasteiger partial charge on any atom is -0.459 e. The zero-order valence-electron chi connectivity index (χ0n) is 19.6. The standard InChI is InChI=1S/C19H42O7Si3/c1-17(2)19(21)24-16-18(23-13-11-20)15-22-12-10-14-29(9,25-27(3,4)5)26-28(6,7)8/h18,20H,1,10-16H2,2-9H3. The molecule has 172 valence electrons. The minimum atomic E-state index is -2.26. The van der Waals surface area contributed by atoms with Crippen molar-refractivity contribution >= 4 is 31.2 Å². The van der Waals surface area contributed by atoms with Gasteiger partial charge in [-0.25, -0.2) is 4.79 Å². The van der Waals surface area contributed by atoms with Crippen molar-refractivity contribution in [3.8, 4) is 0 Å². The lowest BCUT2D eigenvalue weighted by molar-refractivity contribution is -0.145. The van der Waals surface area contributed by atoms with E-state index in [4.69, 9.17) is 27.5 Å². The second kappa shape index (κ2) is 13.2. The van der Waals surface area contributed by atoms with Gasteiger partial charge in [0.2, 0.25) is 0 Å². The largest absolute Gasteiger partial charge is 0.459 e. The Balaban J connectivity index is 4.54. The molecule has 0 radical (unpaired) electrons. The van der Waals surface area contributed by atoms with E-state index in [9.17, 15) is 4.79 Å². The molecule has 0 heterocycles. The second-order valence-electron chi connectivity index (χ2n) is 9.34. The summed E-state index contributed by atoms with van der Waals surface area (Å²) in [6.07, 6.45) is 0.404. The zero-order chi connectivity index (χ0) is 22.7. The summed E-state index contributed by atoms with van der Waals surface area (Å²) in [4.78, 5) is 11.6. The van der Waals surface area contributed by atoms with Crippen LogP contribution in [0.15, 0.2) is 12.2 Å². The van der Waals surface area contributed by atoms with E-state index >= 15 is 0 Å². The first-order chi connectivity index (χ1) is 13.2. The zero-order valence-corrected chi connectivity index (χ0v) is 22.6. The van der Waals surface area contributed by atoms with E-state index in [0.717, 1.165) is 12.5 Å². The smallest absolute Gasteiger partial charge is 0.333 e. The molecule has 0 aliphatic carbocycles. The molecular formula is C19H42O7Si3. The summed E-state index contributed by atoms with van der Waals surface area (Å²) in [6, 6.07) is 0.869. The summed E-state index contributed by atoms with van der Waals surface area (Å²) in [5.74, 6) is -0.462. The SMILES string of the molecule is C=C(C)C(=O)OCC(COCCC[Si](C)(O[Si](C)(C)C)O[Si](C)(C)C)OCCO. The first kappa shape index (κ1) is 28.7. The number of hydrogen-bond acceptors (Lipinski definition) is 7. The number of carbonyl (C=O) groups excluding carboxylic acids is 1. The Bertz CT molecular complexity index is 485. The highest BCUT2D eigenvalue weighted by molar-refractivity contribution is 6.87. The predicted molar refractivity (Wildman–Crippen MR) is 123 cm³/mol. The van der Waals surface area contributed by atoms with E-state index in [0.29, 0.717) is 12.2 Å². The Hall–Kier alpha value is -0.339. The van der Waals surface area contributed by atoms with E-state index in [2.05, 4.69) is 52.4 Å². The first-order valence-corrected chi connectivity index (χ1v) is 19.5. The number of rotatable bonds is 16. The fourth-order valence-corrected chi connectivity index (χ4v) is 15.3. The fourth-order valence-electron chi connectivity index (χ4n) is 2.78. The van der Waals surface area contributed by atoms with Crippen LogP contribution < -0.4 is 0 Å². The highest BCUT2D eigenvalue weighted by Gasteiger charge is 2.39. The lowest BCUT2D eigenvalue weighted by Gasteiger charge is -2.38. The van der Waals surface area contributed by atoms with Crippen LogP contribution in [0.5, 0.6) is 0 Å². The summed E-state index contributed by atoms with van der Waals surface area (Å²) < 4.78 is 29.4. The maximum atomic E-state index is 11.6. The molecule has 1 atom stereocenters. The monoisotopic (exact) mass is 466 g/mol. The van der Waals surface area contributed by atoms with Gasteiger partial charge in [-0.1, -0.05) is 6.58 Å². The molecule has 0 saturated carbocycles. The van der Waals surface area contributed by atoms with Crippen LogP contribution in [0.3, 0.4) is 0 Å². The van der Waals surface area contributed by atoms with Gasteiger partial charge < -0.3 is 27.5 Å². The van der Waals surface area contributed by atoms with Gasteiger partial charge in [0.1, 0.15) is 12.7 Å². The number of ether oxygens (including phenoxy) is 3. The van der Waals surface area contributed by atoms with Crippen molar-refractivity contribution in [1.82, 2.24) is 0 Å². The fraction of sp³-hybridized carbons (Fsp3) is 0.842. The van der Waals surface area contributed by atoms with Crippen molar-refractivity contribution in [2.75, 3.05) is 33.0 Å². The van der Waals surface area contributed by atoms with Gasteiger partial charge in [-0.2, -0.15) is 0 Å².